The van der Waals surface area contributed by atoms with Gasteiger partial charge >= 0.3 is 0 Å². The molecule has 180 valence electrons. The van der Waals surface area contributed by atoms with Gasteiger partial charge in [-0.05, 0) is 69.8 Å². The molecule has 9 nitrogen and oxygen atoms in total. The Kier molecular flexibility index (Phi) is 6.33. The SMILES string of the molecule is Cc1cc(C(=O)N[C@@H](CC2(C)CCCC2)C(=O)NC2(C(=O)C(=O)NC3CC3)CCC2)n(C)n1. The molecule has 0 saturated heterocycles. The van der Waals surface area contributed by atoms with Gasteiger partial charge in [0, 0.05) is 13.1 Å². The zero-order valence-electron chi connectivity index (χ0n) is 19.8. The zero-order valence-corrected chi connectivity index (χ0v) is 19.8. The summed E-state index contributed by atoms with van der Waals surface area (Å²) >= 11 is 0. The molecule has 1 aromatic heterocycles. The number of nitrogens with one attached hydrogen (secondary N) is 3. The van der Waals surface area contributed by atoms with Crippen LogP contribution in [0.1, 0.15) is 87.3 Å². The number of hydrogen-bond acceptors (Lipinski definition) is 5. The van der Waals surface area contributed by atoms with Crippen molar-refractivity contribution < 1.29 is 19.2 Å². The molecular weight excluding hydrogens is 422 g/mol. The number of carbonyl (C=O) groups excluding carboxylic acids is 4. The summed E-state index contributed by atoms with van der Waals surface area (Å²) in [7, 11) is 1.69. The molecule has 3 aliphatic carbocycles. The van der Waals surface area contributed by atoms with Crippen molar-refractivity contribution in [2.24, 2.45) is 12.5 Å². The van der Waals surface area contributed by atoms with Gasteiger partial charge in [0.15, 0.2) is 0 Å². The maximum absolute atomic E-state index is 13.5. The highest BCUT2D eigenvalue weighted by Crippen LogP contribution is 2.42. The van der Waals surface area contributed by atoms with Gasteiger partial charge in [-0.15, -0.1) is 0 Å². The van der Waals surface area contributed by atoms with Gasteiger partial charge in [0.2, 0.25) is 11.7 Å². The lowest BCUT2D eigenvalue weighted by atomic mass is 9.72. The van der Waals surface area contributed by atoms with Crippen molar-refractivity contribution in [2.45, 2.75) is 95.7 Å². The maximum atomic E-state index is 13.5. The summed E-state index contributed by atoms with van der Waals surface area (Å²) in [6.45, 7) is 3.95. The fraction of sp³-hybridized carbons (Fsp3) is 0.708. The number of nitrogens with zero attached hydrogens (tertiary/aromatic N) is 2. The Bertz CT molecular complexity index is 954. The molecule has 0 aromatic carbocycles. The van der Waals surface area contributed by atoms with Crippen molar-refractivity contribution >= 4 is 23.5 Å². The molecule has 0 spiro atoms. The molecular formula is C24H35N5O4. The summed E-state index contributed by atoms with van der Waals surface area (Å²) in [5, 5.41) is 12.7. The van der Waals surface area contributed by atoms with Crippen molar-refractivity contribution in [3.8, 4) is 0 Å². The number of carbonyl (C=O) groups is 4. The zero-order chi connectivity index (χ0) is 23.8. The minimum absolute atomic E-state index is 0.0577. The van der Waals surface area contributed by atoms with Crippen LogP contribution in [0.4, 0.5) is 0 Å². The quantitative estimate of drug-likeness (QED) is 0.487. The Morgan fingerprint density at radius 2 is 1.79 bits per heavy atom. The maximum Gasteiger partial charge on any atom is 0.290 e. The topological polar surface area (TPSA) is 122 Å². The lowest BCUT2D eigenvalue weighted by Crippen LogP contribution is -2.65. The third-order valence-corrected chi connectivity index (χ3v) is 7.49. The molecule has 4 rings (SSSR count). The fourth-order valence-corrected chi connectivity index (χ4v) is 5.15. The first-order valence-corrected chi connectivity index (χ1v) is 12.1. The first-order chi connectivity index (χ1) is 15.6. The van der Waals surface area contributed by atoms with Crippen LogP contribution >= 0.6 is 0 Å². The van der Waals surface area contributed by atoms with Gasteiger partial charge < -0.3 is 16.0 Å². The normalized spacial score (nSPS) is 21.5. The second-order valence-electron chi connectivity index (χ2n) is 10.5. The summed E-state index contributed by atoms with van der Waals surface area (Å²) < 4.78 is 1.50. The molecule has 0 radical (unpaired) electrons. The van der Waals surface area contributed by atoms with Gasteiger partial charge in [0.05, 0.1) is 5.69 Å². The van der Waals surface area contributed by atoms with Crippen molar-refractivity contribution in [1.29, 1.82) is 0 Å². The fourth-order valence-electron chi connectivity index (χ4n) is 5.15. The Morgan fingerprint density at radius 1 is 1.12 bits per heavy atom. The average molecular weight is 458 g/mol. The third-order valence-electron chi connectivity index (χ3n) is 7.49. The van der Waals surface area contributed by atoms with E-state index in [2.05, 4.69) is 28.0 Å². The van der Waals surface area contributed by atoms with E-state index in [9.17, 15) is 19.2 Å². The van der Waals surface area contributed by atoms with E-state index in [-0.39, 0.29) is 17.4 Å². The summed E-state index contributed by atoms with van der Waals surface area (Å²) in [6.07, 6.45) is 8.09. The molecule has 1 aromatic rings. The van der Waals surface area contributed by atoms with Crippen LogP contribution in [-0.4, -0.2) is 50.9 Å². The van der Waals surface area contributed by atoms with Crippen LogP contribution in [0.3, 0.4) is 0 Å². The van der Waals surface area contributed by atoms with E-state index >= 15 is 0 Å². The van der Waals surface area contributed by atoms with E-state index < -0.39 is 29.2 Å². The lowest BCUT2D eigenvalue weighted by molar-refractivity contribution is -0.146. The Balaban J connectivity index is 1.50. The van der Waals surface area contributed by atoms with Crippen molar-refractivity contribution in [3.05, 3.63) is 17.5 Å². The minimum atomic E-state index is -1.17. The number of ketones is 1. The molecule has 3 N–H and O–H groups in total. The van der Waals surface area contributed by atoms with Gasteiger partial charge in [-0.3, -0.25) is 23.9 Å². The van der Waals surface area contributed by atoms with E-state index in [0.29, 0.717) is 30.7 Å². The molecule has 1 atom stereocenters. The largest absolute Gasteiger partial charge is 0.347 e. The smallest absolute Gasteiger partial charge is 0.290 e. The standard InChI is InChI=1S/C24H35N5O4/c1-15-13-18(29(3)28-15)21(32)26-17(14-23(2)9-4-5-10-23)20(31)27-24(11-6-12-24)19(30)22(33)25-16-7-8-16/h13,16-17H,4-12,14H2,1-3H3,(H,25,33)(H,26,32)(H,27,31)/t17-/m0/s1. The second kappa shape index (κ2) is 8.91. The first kappa shape index (κ1) is 23.4. The van der Waals surface area contributed by atoms with E-state index in [1.807, 2.05) is 0 Å². The molecule has 3 aliphatic rings. The van der Waals surface area contributed by atoms with Gasteiger partial charge in [-0.2, -0.15) is 5.10 Å². The predicted octanol–water partition coefficient (Wildman–Crippen LogP) is 1.68. The van der Waals surface area contributed by atoms with Crippen LogP contribution in [0.5, 0.6) is 0 Å². The van der Waals surface area contributed by atoms with Gasteiger partial charge in [-0.25, -0.2) is 0 Å². The van der Waals surface area contributed by atoms with E-state index in [1.165, 1.54) is 4.68 Å². The van der Waals surface area contributed by atoms with Crippen LogP contribution in [0.2, 0.25) is 0 Å². The second-order valence-corrected chi connectivity index (χ2v) is 10.5. The first-order valence-electron chi connectivity index (χ1n) is 12.1. The summed E-state index contributed by atoms with van der Waals surface area (Å²) in [5.74, 6) is -1.97. The summed E-state index contributed by atoms with van der Waals surface area (Å²) in [6, 6.07) is 0.958. The van der Waals surface area contributed by atoms with Crippen molar-refractivity contribution in [1.82, 2.24) is 25.7 Å². The van der Waals surface area contributed by atoms with Crippen LogP contribution in [0, 0.1) is 12.3 Å². The molecule has 3 amide bonds. The average Bonchev–Trinajstić information content (AvgIpc) is 3.33. The number of aryl methyl sites for hydroxylation is 2. The molecule has 3 fully saturated rings. The minimum Gasteiger partial charge on any atom is -0.347 e. The predicted molar refractivity (Wildman–Crippen MR) is 121 cm³/mol. The van der Waals surface area contributed by atoms with Crippen LogP contribution < -0.4 is 16.0 Å². The van der Waals surface area contributed by atoms with Crippen molar-refractivity contribution in [2.75, 3.05) is 0 Å². The Morgan fingerprint density at radius 3 is 2.30 bits per heavy atom. The molecule has 0 unspecified atom stereocenters. The Hall–Kier alpha value is -2.71. The molecule has 9 heteroatoms. The number of rotatable bonds is 9. The highest BCUT2D eigenvalue weighted by Gasteiger charge is 2.50. The summed E-state index contributed by atoms with van der Waals surface area (Å²) in [5.41, 5.74) is -0.136. The Labute approximate surface area is 194 Å². The van der Waals surface area contributed by atoms with Crippen LogP contribution in [-0.2, 0) is 21.4 Å². The van der Waals surface area contributed by atoms with Gasteiger partial charge in [-0.1, -0.05) is 19.8 Å². The van der Waals surface area contributed by atoms with E-state index in [4.69, 9.17) is 0 Å². The number of aromatic nitrogens is 2. The molecule has 0 bridgehead atoms. The van der Waals surface area contributed by atoms with E-state index in [0.717, 1.165) is 44.9 Å². The third kappa shape index (κ3) is 5.12. The van der Waals surface area contributed by atoms with Crippen LogP contribution in [0.25, 0.3) is 0 Å². The molecule has 33 heavy (non-hydrogen) atoms. The van der Waals surface area contributed by atoms with E-state index in [1.54, 1.807) is 20.0 Å². The lowest BCUT2D eigenvalue weighted by Gasteiger charge is -2.41. The molecule has 0 aliphatic heterocycles. The van der Waals surface area contributed by atoms with Gasteiger partial charge in [0.25, 0.3) is 11.8 Å². The molecule has 1 heterocycles. The van der Waals surface area contributed by atoms with Crippen molar-refractivity contribution in [3.63, 3.8) is 0 Å². The monoisotopic (exact) mass is 457 g/mol. The highest BCUT2D eigenvalue weighted by molar-refractivity contribution is 6.40. The summed E-state index contributed by atoms with van der Waals surface area (Å²) in [4.78, 5) is 51.8. The number of hydrogen-bond donors (Lipinski definition) is 3. The van der Waals surface area contributed by atoms with Gasteiger partial charge in [0.1, 0.15) is 17.3 Å². The van der Waals surface area contributed by atoms with Crippen LogP contribution in [0.15, 0.2) is 6.07 Å². The number of Topliss-reactive ketones (excluding diaryl/α,β-unsaturated/α-hetero) is 1. The number of amides is 3. The molecule has 3 saturated carbocycles. The highest BCUT2D eigenvalue weighted by atomic mass is 16.2.